The molecule has 0 radical (unpaired) electrons. The van der Waals surface area contributed by atoms with Gasteiger partial charge in [-0.1, -0.05) is 12.2 Å². The van der Waals surface area contributed by atoms with Crippen LogP contribution in [0.15, 0.2) is 35.2 Å². The van der Waals surface area contributed by atoms with Crippen molar-refractivity contribution in [3.63, 3.8) is 0 Å². The van der Waals surface area contributed by atoms with Gasteiger partial charge in [-0.05, 0) is 28.1 Å². The Hall–Kier alpha value is -1.60. The van der Waals surface area contributed by atoms with E-state index < -0.39 is 5.82 Å². The van der Waals surface area contributed by atoms with E-state index in [0.29, 0.717) is 10.0 Å². The number of halogens is 2. The summed E-state index contributed by atoms with van der Waals surface area (Å²) < 4.78 is 19.2. The molecule has 1 aromatic carbocycles. The predicted octanol–water partition coefficient (Wildman–Crippen LogP) is 2.80. The van der Waals surface area contributed by atoms with Crippen LogP contribution >= 0.6 is 28.1 Å². The van der Waals surface area contributed by atoms with E-state index in [1.54, 1.807) is 0 Å². The van der Waals surface area contributed by atoms with E-state index in [1.165, 1.54) is 30.7 Å². The maximum atomic E-state index is 13.1. The van der Waals surface area contributed by atoms with Crippen LogP contribution in [0.5, 0.6) is 11.6 Å². The molecule has 1 aromatic heterocycles. The van der Waals surface area contributed by atoms with Crippen molar-refractivity contribution in [3.05, 3.63) is 46.6 Å². The molecular weight excluding hydrogens is 321 g/mol. The Morgan fingerprint density at radius 1 is 1.44 bits per heavy atom. The lowest BCUT2D eigenvalue weighted by Gasteiger charge is -2.09. The largest absolute Gasteiger partial charge is 0.437 e. The highest BCUT2D eigenvalue weighted by Crippen LogP contribution is 2.30. The normalized spacial score (nSPS) is 10.1. The monoisotopic (exact) mass is 327 g/mol. The molecule has 4 nitrogen and oxygen atoms in total. The van der Waals surface area contributed by atoms with Gasteiger partial charge in [0.2, 0.25) is 5.88 Å². The van der Waals surface area contributed by atoms with Gasteiger partial charge in [0.15, 0.2) is 0 Å². The summed E-state index contributed by atoms with van der Waals surface area (Å²) in [6, 6.07) is 4.08. The van der Waals surface area contributed by atoms with Crippen LogP contribution in [0, 0.1) is 5.82 Å². The van der Waals surface area contributed by atoms with Crippen molar-refractivity contribution in [3.8, 4) is 11.6 Å². The van der Waals surface area contributed by atoms with Crippen molar-refractivity contribution < 1.29 is 9.13 Å². The molecule has 0 bridgehead atoms. The molecule has 7 heteroatoms. The number of rotatable bonds is 3. The highest BCUT2D eigenvalue weighted by atomic mass is 79.9. The maximum Gasteiger partial charge on any atom is 0.232 e. The molecule has 92 valence electrons. The number of hydrogen-bond acceptors (Lipinski definition) is 4. The molecule has 0 unspecified atom stereocenters. The summed E-state index contributed by atoms with van der Waals surface area (Å²) in [4.78, 5) is 7.84. The molecule has 18 heavy (non-hydrogen) atoms. The number of aromatic nitrogens is 2. The Balaban J connectivity index is 2.40. The van der Waals surface area contributed by atoms with Gasteiger partial charge in [-0.25, -0.2) is 14.4 Å². The summed E-state index contributed by atoms with van der Waals surface area (Å²) in [6.07, 6.45) is 2.74. The molecule has 0 saturated heterocycles. The minimum Gasteiger partial charge on any atom is -0.437 e. The summed E-state index contributed by atoms with van der Waals surface area (Å²) in [5.74, 6) is 0.0501. The highest BCUT2D eigenvalue weighted by Gasteiger charge is 2.11. The molecule has 1 heterocycles. The fourth-order valence-electron chi connectivity index (χ4n) is 1.23. The van der Waals surface area contributed by atoms with Crippen molar-refractivity contribution in [2.75, 3.05) is 0 Å². The molecule has 0 aliphatic rings. The van der Waals surface area contributed by atoms with Crippen molar-refractivity contribution in [1.82, 2.24) is 9.97 Å². The molecule has 0 spiro atoms. The number of ether oxygens (including phenoxy) is 1. The lowest BCUT2D eigenvalue weighted by atomic mass is 10.3. The van der Waals surface area contributed by atoms with Crippen LogP contribution in [0.1, 0.15) is 5.56 Å². The summed E-state index contributed by atoms with van der Waals surface area (Å²) in [5.41, 5.74) is 5.91. The van der Waals surface area contributed by atoms with Gasteiger partial charge in [0.05, 0.1) is 10.0 Å². The van der Waals surface area contributed by atoms with Crippen molar-refractivity contribution in [1.29, 1.82) is 0 Å². The molecule has 0 aliphatic carbocycles. The Morgan fingerprint density at radius 3 is 2.94 bits per heavy atom. The van der Waals surface area contributed by atoms with E-state index in [0.717, 1.165) is 0 Å². The summed E-state index contributed by atoms with van der Waals surface area (Å²) in [5, 5.41) is 0. The quantitative estimate of drug-likeness (QED) is 0.878. The van der Waals surface area contributed by atoms with Crippen LogP contribution in [0.3, 0.4) is 0 Å². The molecule has 0 amide bonds. The Bertz CT molecular complexity index is 609. The van der Waals surface area contributed by atoms with Gasteiger partial charge in [0, 0.05) is 12.3 Å². The first-order valence-corrected chi connectivity index (χ1v) is 6.01. The number of thiocarbonyl (C=S) groups is 1. The molecule has 2 rings (SSSR count). The second-order valence-corrected chi connectivity index (χ2v) is 4.58. The number of hydrogen-bond donors (Lipinski definition) is 1. The van der Waals surface area contributed by atoms with E-state index in [1.807, 2.05) is 0 Å². The smallest absolute Gasteiger partial charge is 0.232 e. The molecule has 2 aromatic rings. The topological polar surface area (TPSA) is 61.0 Å². The average molecular weight is 328 g/mol. The van der Waals surface area contributed by atoms with Crippen LogP contribution < -0.4 is 10.5 Å². The van der Waals surface area contributed by atoms with E-state index >= 15 is 0 Å². The second-order valence-electron chi connectivity index (χ2n) is 3.28. The Morgan fingerprint density at radius 2 is 2.22 bits per heavy atom. The zero-order chi connectivity index (χ0) is 13.1. The maximum absolute atomic E-state index is 13.1. The van der Waals surface area contributed by atoms with Gasteiger partial charge in [-0.3, -0.25) is 0 Å². The van der Waals surface area contributed by atoms with Crippen molar-refractivity contribution >= 4 is 33.1 Å². The highest BCUT2D eigenvalue weighted by molar-refractivity contribution is 9.10. The second kappa shape index (κ2) is 5.36. The number of nitrogens with two attached hydrogens (primary N) is 1. The zero-order valence-corrected chi connectivity index (χ0v) is 11.3. The molecule has 0 atom stereocenters. The van der Waals surface area contributed by atoms with Gasteiger partial charge in [-0.2, -0.15) is 0 Å². The Kier molecular flexibility index (Phi) is 3.83. The number of nitrogens with zero attached hydrogens (tertiary/aromatic N) is 2. The van der Waals surface area contributed by atoms with Crippen molar-refractivity contribution in [2.24, 2.45) is 5.73 Å². The summed E-state index contributed by atoms with van der Waals surface area (Å²) in [6.45, 7) is 0. The fourth-order valence-corrected chi connectivity index (χ4v) is 1.70. The summed E-state index contributed by atoms with van der Waals surface area (Å²) in [7, 11) is 0. The van der Waals surface area contributed by atoms with Crippen molar-refractivity contribution in [2.45, 2.75) is 0 Å². The van der Waals surface area contributed by atoms with Crippen LogP contribution in [0.25, 0.3) is 0 Å². The molecular formula is C11H7BrFN3OS. The number of benzene rings is 1. The minimum atomic E-state index is -0.417. The SMILES string of the molecule is NC(=S)c1cncnc1Oc1cc(F)ccc1Br. The van der Waals surface area contributed by atoms with E-state index in [2.05, 4.69) is 25.9 Å². The van der Waals surface area contributed by atoms with Crippen LogP contribution in [0.2, 0.25) is 0 Å². The van der Waals surface area contributed by atoms with Crippen LogP contribution in [-0.4, -0.2) is 15.0 Å². The average Bonchev–Trinajstić information content (AvgIpc) is 2.34. The molecule has 0 fully saturated rings. The molecule has 2 N–H and O–H groups in total. The minimum absolute atomic E-state index is 0.109. The zero-order valence-electron chi connectivity index (χ0n) is 8.93. The predicted molar refractivity (Wildman–Crippen MR) is 72.1 cm³/mol. The standard InChI is InChI=1S/C11H7BrFN3OS/c12-8-2-1-6(13)3-9(8)17-11-7(10(14)18)4-15-5-16-11/h1-5H,(H2,14,18). The van der Waals surface area contributed by atoms with Gasteiger partial charge in [0.25, 0.3) is 0 Å². The first-order chi connectivity index (χ1) is 8.58. The van der Waals surface area contributed by atoms with Gasteiger partial charge in [0.1, 0.15) is 22.9 Å². The van der Waals surface area contributed by atoms with Crippen LogP contribution in [-0.2, 0) is 0 Å². The third kappa shape index (κ3) is 2.80. The van der Waals surface area contributed by atoms with E-state index in [9.17, 15) is 4.39 Å². The fraction of sp³-hybridized carbons (Fsp3) is 0. The summed E-state index contributed by atoms with van der Waals surface area (Å²) >= 11 is 8.11. The lowest BCUT2D eigenvalue weighted by molar-refractivity contribution is 0.453. The first-order valence-electron chi connectivity index (χ1n) is 4.80. The third-order valence-electron chi connectivity index (χ3n) is 2.04. The van der Waals surface area contributed by atoms with Crippen LogP contribution in [0.4, 0.5) is 4.39 Å². The molecule has 0 aliphatic heterocycles. The Labute approximate surface area is 116 Å². The van der Waals surface area contributed by atoms with Gasteiger partial charge < -0.3 is 10.5 Å². The van der Waals surface area contributed by atoms with Gasteiger partial charge in [-0.15, -0.1) is 0 Å². The lowest BCUT2D eigenvalue weighted by Crippen LogP contribution is -2.12. The third-order valence-corrected chi connectivity index (χ3v) is 2.92. The molecule has 0 saturated carbocycles. The van der Waals surface area contributed by atoms with Gasteiger partial charge >= 0.3 is 0 Å². The van der Waals surface area contributed by atoms with E-state index in [4.69, 9.17) is 22.7 Å². The van der Waals surface area contributed by atoms with E-state index in [-0.39, 0.29) is 16.6 Å². The first kappa shape index (κ1) is 12.8.